The van der Waals surface area contributed by atoms with Crippen LogP contribution in [-0.2, 0) is 26.1 Å². The van der Waals surface area contributed by atoms with E-state index in [1.54, 1.807) is 11.3 Å². The van der Waals surface area contributed by atoms with Crippen molar-refractivity contribution in [1.29, 1.82) is 0 Å². The molecule has 1 aliphatic heterocycles. The quantitative estimate of drug-likeness (QED) is 0.258. The molecule has 172 valence electrons. The first-order valence-corrected chi connectivity index (χ1v) is 11.9. The van der Waals surface area contributed by atoms with Gasteiger partial charge in [0.25, 0.3) is 0 Å². The third-order valence-corrected chi connectivity index (χ3v) is 6.39. The van der Waals surface area contributed by atoms with Gasteiger partial charge in [0.2, 0.25) is 0 Å². The van der Waals surface area contributed by atoms with Gasteiger partial charge in [0.15, 0.2) is 5.96 Å². The molecule has 7 nitrogen and oxygen atoms in total. The lowest BCUT2D eigenvalue weighted by Crippen LogP contribution is -2.52. The van der Waals surface area contributed by atoms with Gasteiger partial charge in [0, 0.05) is 57.1 Å². The Morgan fingerprint density at radius 3 is 2.62 bits per heavy atom. The standard InChI is InChI=1S/C23H31N7S.HI/c1-2-22-27-26-19-30(22)11-10-24-23(25-17-21-9-6-16-31-21)29-14-12-28(13-15-29)18-20-7-4-3-5-8-20;/h3-9,16,19H,2,10-15,17-18H2,1H3,(H,24,25);1H. The smallest absolute Gasteiger partial charge is 0.194 e. The van der Waals surface area contributed by atoms with Crippen LogP contribution in [0.4, 0.5) is 0 Å². The van der Waals surface area contributed by atoms with Crippen molar-refractivity contribution in [2.24, 2.45) is 4.99 Å². The van der Waals surface area contributed by atoms with Crippen LogP contribution in [0.1, 0.15) is 23.2 Å². The molecule has 0 aliphatic carbocycles. The molecule has 0 amide bonds. The number of aryl methyl sites for hydroxylation is 1. The molecule has 1 saturated heterocycles. The van der Waals surface area contributed by atoms with Crippen LogP contribution in [0.15, 0.2) is 59.2 Å². The number of thiophene rings is 1. The second-order valence-electron chi connectivity index (χ2n) is 7.69. The van der Waals surface area contributed by atoms with Crippen LogP contribution in [0.5, 0.6) is 0 Å². The van der Waals surface area contributed by atoms with Gasteiger partial charge >= 0.3 is 0 Å². The summed E-state index contributed by atoms with van der Waals surface area (Å²) < 4.78 is 2.11. The lowest BCUT2D eigenvalue weighted by Gasteiger charge is -2.36. The lowest BCUT2D eigenvalue weighted by atomic mass is 10.2. The van der Waals surface area contributed by atoms with E-state index in [1.165, 1.54) is 10.4 Å². The maximum atomic E-state index is 4.94. The number of nitrogens with zero attached hydrogens (tertiary/aromatic N) is 6. The molecule has 0 radical (unpaired) electrons. The Morgan fingerprint density at radius 2 is 1.91 bits per heavy atom. The van der Waals surface area contributed by atoms with E-state index < -0.39 is 0 Å². The minimum absolute atomic E-state index is 0. The molecule has 1 aliphatic rings. The van der Waals surface area contributed by atoms with E-state index in [2.05, 4.69) is 84.6 Å². The number of guanidine groups is 1. The molecule has 1 N–H and O–H groups in total. The maximum Gasteiger partial charge on any atom is 0.194 e. The molecule has 1 fully saturated rings. The number of aromatic nitrogens is 3. The van der Waals surface area contributed by atoms with Crippen LogP contribution >= 0.6 is 35.3 Å². The Hall–Kier alpha value is -1.98. The Labute approximate surface area is 211 Å². The number of aliphatic imine (C=N–C) groups is 1. The van der Waals surface area contributed by atoms with Crippen LogP contribution < -0.4 is 5.32 Å². The van der Waals surface area contributed by atoms with Gasteiger partial charge in [0.05, 0.1) is 6.54 Å². The first kappa shape index (κ1) is 24.7. The topological polar surface area (TPSA) is 61.6 Å². The molecule has 3 heterocycles. The first-order valence-electron chi connectivity index (χ1n) is 11.0. The van der Waals surface area contributed by atoms with Gasteiger partial charge in [-0.15, -0.1) is 45.5 Å². The Bertz CT molecular complexity index is 934. The summed E-state index contributed by atoms with van der Waals surface area (Å²) in [7, 11) is 0. The van der Waals surface area contributed by atoms with Gasteiger partial charge in [-0.05, 0) is 17.0 Å². The van der Waals surface area contributed by atoms with Crippen molar-refractivity contribution in [3.63, 3.8) is 0 Å². The predicted octanol–water partition coefficient (Wildman–Crippen LogP) is 3.48. The van der Waals surface area contributed by atoms with Crippen LogP contribution in [0.2, 0.25) is 0 Å². The van der Waals surface area contributed by atoms with Gasteiger partial charge in [-0.1, -0.05) is 43.3 Å². The number of rotatable bonds is 8. The summed E-state index contributed by atoms with van der Waals surface area (Å²) in [5.74, 6) is 2.02. The molecule has 0 unspecified atom stereocenters. The van der Waals surface area contributed by atoms with Crippen molar-refractivity contribution in [2.45, 2.75) is 33.0 Å². The molecular weight excluding hydrogens is 533 g/mol. The van der Waals surface area contributed by atoms with E-state index in [4.69, 9.17) is 4.99 Å². The summed E-state index contributed by atoms with van der Waals surface area (Å²) in [6.45, 7) is 9.53. The van der Waals surface area contributed by atoms with E-state index in [1.807, 2.05) is 6.33 Å². The monoisotopic (exact) mass is 565 g/mol. The highest BCUT2D eigenvalue weighted by Crippen LogP contribution is 2.12. The molecule has 3 aromatic rings. The van der Waals surface area contributed by atoms with Crippen molar-refractivity contribution < 1.29 is 0 Å². The van der Waals surface area contributed by atoms with Crippen molar-refractivity contribution in [3.05, 3.63) is 70.4 Å². The van der Waals surface area contributed by atoms with E-state index in [0.717, 1.165) is 70.6 Å². The fourth-order valence-electron chi connectivity index (χ4n) is 3.81. The number of benzene rings is 1. The predicted molar refractivity (Wildman–Crippen MR) is 142 cm³/mol. The van der Waals surface area contributed by atoms with Gasteiger partial charge in [-0.2, -0.15) is 0 Å². The number of halogens is 1. The third-order valence-electron chi connectivity index (χ3n) is 5.53. The molecule has 9 heteroatoms. The van der Waals surface area contributed by atoms with E-state index in [0.29, 0.717) is 0 Å². The van der Waals surface area contributed by atoms with Crippen molar-refractivity contribution in [3.8, 4) is 0 Å². The molecule has 0 spiro atoms. The molecule has 4 rings (SSSR count). The third kappa shape index (κ3) is 7.01. The Kier molecular flexibility index (Phi) is 9.94. The number of piperazine rings is 1. The number of hydrogen-bond donors (Lipinski definition) is 1. The Morgan fingerprint density at radius 1 is 1.09 bits per heavy atom. The SMILES string of the molecule is CCc1nncn1CCNC(=NCc1cccs1)N1CCN(Cc2ccccc2)CC1.I. The van der Waals surface area contributed by atoms with E-state index >= 15 is 0 Å². The zero-order valence-electron chi connectivity index (χ0n) is 18.6. The van der Waals surface area contributed by atoms with Gasteiger partial charge in [0.1, 0.15) is 12.2 Å². The average Bonchev–Trinajstić information content (AvgIpc) is 3.49. The summed E-state index contributed by atoms with van der Waals surface area (Å²) in [5.41, 5.74) is 1.38. The summed E-state index contributed by atoms with van der Waals surface area (Å²) in [6, 6.07) is 15.0. The van der Waals surface area contributed by atoms with Crippen molar-refractivity contribution >= 4 is 41.3 Å². The number of nitrogens with one attached hydrogen (secondary N) is 1. The van der Waals surface area contributed by atoms with E-state index in [9.17, 15) is 0 Å². The van der Waals surface area contributed by atoms with Crippen LogP contribution in [0.3, 0.4) is 0 Å². The zero-order valence-corrected chi connectivity index (χ0v) is 21.7. The molecule has 0 saturated carbocycles. The maximum absolute atomic E-state index is 4.94. The largest absolute Gasteiger partial charge is 0.354 e. The van der Waals surface area contributed by atoms with Crippen LogP contribution in [0, 0.1) is 0 Å². The highest BCUT2D eigenvalue weighted by atomic mass is 127. The number of hydrogen-bond acceptors (Lipinski definition) is 5. The lowest BCUT2D eigenvalue weighted by molar-refractivity contribution is 0.172. The molecule has 32 heavy (non-hydrogen) atoms. The van der Waals surface area contributed by atoms with Crippen LogP contribution in [-0.4, -0.2) is 63.2 Å². The molecular formula is C23H32IN7S. The highest BCUT2D eigenvalue weighted by molar-refractivity contribution is 14.0. The first-order chi connectivity index (χ1) is 15.3. The molecule has 0 atom stereocenters. The minimum Gasteiger partial charge on any atom is -0.354 e. The molecule has 1 aromatic carbocycles. The second kappa shape index (κ2) is 12.9. The highest BCUT2D eigenvalue weighted by Gasteiger charge is 2.20. The molecule has 0 bridgehead atoms. The minimum atomic E-state index is 0. The fraction of sp³-hybridized carbons (Fsp3) is 0.435. The fourth-order valence-corrected chi connectivity index (χ4v) is 4.44. The summed E-state index contributed by atoms with van der Waals surface area (Å²) in [4.78, 5) is 11.1. The van der Waals surface area contributed by atoms with Gasteiger partial charge in [-0.25, -0.2) is 4.99 Å². The van der Waals surface area contributed by atoms with Crippen molar-refractivity contribution in [2.75, 3.05) is 32.7 Å². The summed E-state index contributed by atoms with van der Waals surface area (Å²) >= 11 is 1.76. The van der Waals surface area contributed by atoms with Crippen molar-refractivity contribution in [1.82, 2.24) is 29.9 Å². The van der Waals surface area contributed by atoms with Crippen LogP contribution in [0.25, 0.3) is 0 Å². The zero-order chi connectivity index (χ0) is 21.3. The molecule has 2 aromatic heterocycles. The second-order valence-corrected chi connectivity index (χ2v) is 8.72. The summed E-state index contributed by atoms with van der Waals surface area (Å²) in [6.07, 6.45) is 2.70. The van der Waals surface area contributed by atoms with E-state index in [-0.39, 0.29) is 24.0 Å². The van der Waals surface area contributed by atoms with Gasteiger partial charge < -0.3 is 14.8 Å². The van der Waals surface area contributed by atoms with Gasteiger partial charge in [-0.3, -0.25) is 4.90 Å². The average molecular weight is 566 g/mol. The Balaban J connectivity index is 0.00000289. The summed E-state index contributed by atoms with van der Waals surface area (Å²) in [5, 5.41) is 13.9. The normalized spacial score (nSPS) is 14.9.